The second-order valence-electron chi connectivity index (χ2n) is 5.76. The van der Waals surface area contributed by atoms with Crippen molar-refractivity contribution in [2.45, 2.75) is 57.0 Å². The molecule has 3 rings (SSSR count). The number of rotatable bonds is 2. The van der Waals surface area contributed by atoms with Crippen LogP contribution in [0.25, 0.3) is 0 Å². The average molecular weight is 231 g/mol. The van der Waals surface area contributed by atoms with Crippen molar-refractivity contribution in [3.05, 3.63) is 29.6 Å². The molecular formula is C15H21NO. The molecule has 17 heavy (non-hydrogen) atoms. The molecule has 2 aliphatic rings. The van der Waals surface area contributed by atoms with E-state index in [1.165, 1.54) is 24.1 Å². The predicted molar refractivity (Wildman–Crippen MR) is 67.9 cm³/mol. The number of nitrogens with zero attached hydrogens (tertiary/aromatic N) is 1. The molecule has 3 unspecified atom stereocenters. The maximum atomic E-state index is 10.9. The van der Waals surface area contributed by atoms with Gasteiger partial charge in [-0.3, -0.25) is 4.98 Å². The molecule has 3 atom stereocenters. The number of pyridine rings is 1. The van der Waals surface area contributed by atoms with E-state index in [9.17, 15) is 5.11 Å². The summed E-state index contributed by atoms with van der Waals surface area (Å²) < 4.78 is 0. The van der Waals surface area contributed by atoms with Gasteiger partial charge in [0.05, 0.1) is 5.60 Å². The Kier molecular flexibility index (Phi) is 2.70. The van der Waals surface area contributed by atoms with Gasteiger partial charge in [0.1, 0.15) is 0 Å². The van der Waals surface area contributed by atoms with Gasteiger partial charge in [-0.15, -0.1) is 0 Å². The topological polar surface area (TPSA) is 33.1 Å². The molecule has 0 spiro atoms. The van der Waals surface area contributed by atoms with Gasteiger partial charge in [0.15, 0.2) is 0 Å². The van der Waals surface area contributed by atoms with Crippen molar-refractivity contribution in [1.82, 2.24) is 4.98 Å². The Balaban J connectivity index is 1.87. The van der Waals surface area contributed by atoms with Crippen LogP contribution >= 0.6 is 0 Å². The van der Waals surface area contributed by atoms with E-state index >= 15 is 0 Å². The van der Waals surface area contributed by atoms with E-state index in [1.807, 2.05) is 12.3 Å². The molecule has 92 valence electrons. The molecule has 0 aromatic carbocycles. The molecular weight excluding hydrogens is 210 g/mol. The third-order valence-electron chi connectivity index (χ3n) is 4.81. The van der Waals surface area contributed by atoms with E-state index in [2.05, 4.69) is 18.0 Å². The lowest BCUT2D eigenvalue weighted by molar-refractivity contribution is 0.0138. The van der Waals surface area contributed by atoms with Gasteiger partial charge in [-0.2, -0.15) is 0 Å². The third kappa shape index (κ3) is 1.79. The summed E-state index contributed by atoms with van der Waals surface area (Å²) in [5.41, 5.74) is 2.05. The first-order chi connectivity index (χ1) is 8.23. The molecule has 1 aromatic heterocycles. The molecule has 1 N–H and O–H groups in total. The van der Waals surface area contributed by atoms with E-state index in [4.69, 9.17) is 0 Å². The Morgan fingerprint density at radius 2 is 2.35 bits per heavy atom. The molecule has 2 heteroatoms. The van der Waals surface area contributed by atoms with Crippen LogP contribution in [0.2, 0.25) is 0 Å². The van der Waals surface area contributed by atoms with Gasteiger partial charge in [-0.1, -0.05) is 19.4 Å². The van der Waals surface area contributed by atoms with Gasteiger partial charge in [0.25, 0.3) is 0 Å². The Morgan fingerprint density at radius 1 is 1.47 bits per heavy atom. The largest absolute Gasteiger partial charge is 0.389 e. The quantitative estimate of drug-likeness (QED) is 0.848. The van der Waals surface area contributed by atoms with Crippen molar-refractivity contribution in [3.63, 3.8) is 0 Å². The Labute approximate surface area is 103 Å². The highest BCUT2D eigenvalue weighted by molar-refractivity contribution is 5.31. The average Bonchev–Trinajstić information content (AvgIpc) is 2.93. The van der Waals surface area contributed by atoms with Crippen LogP contribution in [-0.4, -0.2) is 15.7 Å². The van der Waals surface area contributed by atoms with Crippen molar-refractivity contribution in [2.75, 3.05) is 0 Å². The fourth-order valence-electron chi connectivity index (χ4n) is 3.76. The number of aryl methyl sites for hydroxylation is 1. The lowest BCUT2D eigenvalue weighted by atomic mass is 9.83. The van der Waals surface area contributed by atoms with E-state index < -0.39 is 5.60 Å². The molecule has 0 aliphatic heterocycles. The van der Waals surface area contributed by atoms with Crippen LogP contribution in [0.3, 0.4) is 0 Å². The van der Waals surface area contributed by atoms with Crippen LogP contribution in [0.4, 0.5) is 0 Å². The highest BCUT2D eigenvalue weighted by atomic mass is 16.3. The SMILES string of the molecule is CCC1CCC(O)(C2CCc3cccnc32)C1. The Bertz CT molecular complexity index is 417. The number of aliphatic hydroxyl groups is 1. The number of hydrogen-bond donors (Lipinski definition) is 1. The van der Waals surface area contributed by atoms with Crippen LogP contribution in [-0.2, 0) is 6.42 Å². The van der Waals surface area contributed by atoms with Crippen molar-refractivity contribution < 1.29 is 5.11 Å². The minimum Gasteiger partial charge on any atom is -0.389 e. The van der Waals surface area contributed by atoms with Gasteiger partial charge >= 0.3 is 0 Å². The highest BCUT2D eigenvalue weighted by Gasteiger charge is 2.46. The van der Waals surface area contributed by atoms with Crippen LogP contribution < -0.4 is 0 Å². The molecule has 1 fully saturated rings. The monoisotopic (exact) mass is 231 g/mol. The van der Waals surface area contributed by atoms with Crippen molar-refractivity contribution in [1.29, 1.82) is 0 Å². The Morgan fingerprint density at radius 3 is 3.12 bits per heavy atom. The normalized spacial score (nSPS) is 36.1. The maximum Gasteiger partial charge on any atom is 0.0734 e. The first-order valence-electron chi connectivity index (χ1n) is 6.89. The zero-order valence-electron chi connectivity index (χ0n) is 10.5. The molecule has 0 amide bonds. The minimum atomic E-state index is -0.472. The molecule has 0 radical (unpaired) electrons. The lowest BCUT2D eigenvalue weighted by Crippen LogP contribution is -2.32. The fraction of sp³-hybridized carbons (Fsp3) is 0.667. The van der Waals surface area contributed by atoms with E-state index in [0.717, 1.165) is 25.7 Å². The summed E-state index contributed by atoms with van der Waals surface area (Å²) >= 11 is 0. The minimum absolute atomic E-state index is 0.287. The summed E-state index contributed by atoms with van der Waals surface area (Å²) in [5.74, 6) is 1.00. The second kappa shape index (κ2) is 4.09. The number of fused-ring (bicyclic) bond motifs is 1. The predicted octanol–water partition coefficient (Wildman–Crippen LogP) is 3.05. The van der Waals surface area contributed by atoms with Crippen LogP contribution in [0.1, 0.15) is 56.2 Å². The van der Waals surface area contributed by atoms with Crippen molar-refractivity contribution in [2.24, 2.45) is 5.92 Å². The summed E-state index contributed by atoms with van der Waals surface area (Å²) in [4.78, 5) is 4.52. The smallest absolute Gasteiger partial charge is 0.0734 e. The summed E-state index contributed by atoms with van der Waals surface area (Å²) in [6, 6.07) is 4.17. The zero-order valence-corrected chi connectivity index (χ0v) is 10.5. The van der Waals surface area contributed by atoms with Crippen molar-refractivity contribution in [3.8, 4) is 0 Å². The number of hydrogen-bond acceptors (Lipinski definition) is 2. The lowest BCUT2D eigenvalue weighted by Gasteiger charge is -2.30. The standard InChI is InChI=1S/C15H21NO/c1-2-11-7-8-15(17,10-11)13-6-5-12-4-3-9-16-14(12)13/h3-4,9,11,13,17H,2,5-8,10H2,1H3. The van der Waals surface area contributed by atoms with Gasteiger partial charge in [-0.05, 0) is 49.7 Å². The zero-order chi connectivity index (χ0) is 11.9. The fourth-order valence-corrected chi connectivity index (χ4v) is 3.76. The van der Waals surface area contributed by atoms with E-state index in [1.54, 1.807) is 0 Å². The van der Waals surface area contributed by atoms with Gasteiger partial charge in [-0.25, -0.2) is 0 Å². The van der Waals surface area contributed by atoms with Crippen LogP contribution in [0, 0.1) is 5.92 Å². The first kappa shape index (κ1) is 11.2. The van der Waals surface area contributed by atoms with Gasteiger partial charge in [0.2, 0.25) is 0 Å². The third-order valence-corrected chi connectivity index (χ3v) is 4.81. The van der Waals surface area contributed by atoms with Crippen LogP contribution in [0.5, 0.6) is 0 Å². The molecule has 2 nitrogen and oxygen atoms in total. The molecule has 0 saturated heterocycles. The molecule has 0 bridgehead atoms. The van der Waals surface area contributed by atoms with Crippen molar-refractivity contribution >= 4 is 0 Å². The molecule has 1 aromatic rings. The molecule has 1 heterocycles. The molecule has 2 aliphatic carbocycles. The number of aromatic nitrogens is 1. The van der Waals surface area contributed by atoms with E-state index in [0.29, 0.717) is 5.92 Å². The van der Waals surface area contributed by atoms with Gasteiger partial charge < -0.3 is 5.11 Å². The van der Waals surface area contributed by atoms with E-state index in [-0.39, 0.29) is 5.92 Å². The summed E-state index contributed by atoms with van der Waals surface area (Å²) in [6.07, 6.45) is 8.37. The molecule has 1 saturated carbocycles. The van der Waals surface area contributed by atoms with Gasteiger partial charge in [0, 0.05) is 17.8 Å². The van der Waals surface area contributed by atoms with Crippen LogP contribution in [0.15, 0.2) is 18.3 Å². The second-order valence-corrected chi connectivity index (χ2v) is 5.76. The summed E-state index contributed by atoms with van der Waals surface area (Å²) in [6.45, 7) is 2.23. The maximum absolute atomic E-state index is 10.9. The Hall–Kier alpha value is -0.890. The summed E-state index contributed by atoms with van der Waals surface area (Å²) in [7, 11) is 0. The highest BCUT2D eigenvalue weighted by Crippen LogP contribution is 2.49. The summed E-state index contributed by atoms with van der Waals surface area (Å²) in [5, 5.41) is 10.9. The first-order valence-corrected chi connectivity index (χ1v) is 6.89.